The van der Waals surface area contributed by atoms with E-state index in [1.165, 1.54) is 43.2 Å². The van der Waals surface area contributed by atoms with Crippen molar-refractivity contribution in [1.82, 2.24) is 0 Å². The molecule has 1 aromatic carbocycles. The van der Waals surface area contributed by atoms with Gasteiger partial charge in [0.15, 0.2) is 0 Å². The van der Waals surface area contributed by atoms with E-state index in [0.717, 1.165) is 5.92 Å². The molecular weight excluding hydrogens is 312 g/mol. The lowest BCUT2D eigenvalue weighted by atomic mass is 9.67. The Morgan fingerprint density at radius 2 is 1.19 bits per heavy atom. The highest BCUT2D eigenvalue weighted by atomic mass is 14.4. The van der Waals surface area contributed by atoms with Gasteiger partial charge < -0.3 is 0 Å². The lowest BCUT2D eigenvalue weighted by molar-refractivity contribution is 0.229. The average molecular weight is 359 g/mol. The minimum absolute atomic E-state index is 0.256. The summed E-state index contributed by atoms with van der Waals surface area (Å²) in [6.07, 6.45) is 6.45. The summed E-state index contributed by atoms with van der Waals surface area (Å²) in [7, 11) is 0. The average Bonchev–Trinajstić information content (AvgIpc) is 2.51. The maximum atomic E-state index is 2.45. The molecule has 0 saturated carbocycles. The van der Waals surface area contributed by atoms with Crippen LogP contribution in [-0.2, 0) is 5.41 Å². The van der Waals surface area contributed by atoms with Crippen LogP contribution in [0, 0.1) is 16.7 Å². The van der Waals surface area contributed by atoms with E-state index < -0.39 is 0 Å². The Morgan fingerprint density at radius 1 is 0.731 bits per heavy atom. The number of hydrogen-bond donors (Lipinski definition) is 0. The zero-order valence-electron chi connectivity index (χ0n) is 19.5. The van der Waals surface area contributed by atoms with E-state index in [4.69, 9.17) is 0 Å². The van der Waals surface area contributed by atoms with Gasteiger partial charge in [0, 0.05) is 0 Å². The Kier molecular flexibility index (Phi) is 8.00. The quantitative estimate of drug-likeness (QED) is 0.435. The molecule has 0 heteroatoms. The van der Waals surface area contributed by atoms with Crippen LogP contribution in [-0.4, -0.2) is 0 Å². The van der Waals surface area contributed by atoms with Gasteiger partial charge >= 0.3 is 0 Å². The molecule has 0 heterocycles. The first-order valence-electron chi connectivity index (χ1n) is 10.9. The molecule has 150 valence electrons. The SMILES string of the molecule is CCCC(CCC)C(C)(C)c1ccc(C(CC(C)(C)C)C(C)(C)C)cc1. The summed E-state index contributed by atoms with van der Waals surface area (Å²) in [5.74, 6) is 1.37. The third kappa shape index (κ3) is 6.43. The fourth-order valence-corrected chi connectivity index (χ4v) is 4.48. The van der Waals surface area contributed by atoms with Gasteiger partial charge in [-0.3, -0.25) is 0 Å². The van der Waals surface area contributed by atoms with E-state index in [1.54, 1.807) is 0 Å². The van der Waals surface area contributed by atoms with Gasteiger partial charge in [-0.25, -0.2) is 0 Å². The molecule has 0 saturated heterocycles. The molecule has 1 unspecified atom stereocenters. The molecule has 0 aliphatic carbocycles. The van der Waals surface area contributed by atoms with E-state index in [2.05, 4.69) is 93.5 Å². The first kappa shape index (κ1) is 23.3. The predicted molar refractivity (Wildman–Crippen MR) is 119 cm³/mol. The van der Waals surface area contributed by atoms with Gasteiger partial charge in [-0.15, -0.1) is 0 Å². The number of hydrogen-bond acceptors (Lipinski definition) is 0. The van der Waals surface area contributed by atoms with Gasteiger partial charge in [0.25, 0.3) is 0 Å². The Hall–Kier alpha value is -0.780. The van der Waals surface area contributed by atoms with Crippen molar-refractivity contribution >= 4 is 0 Å². The molecule has 26 heavy (non-hydrogen) atoms. The van der Waals surface area contributed by atoms with Gasteiger partial charge in [-0.1, -0.05) is 106 Å². The van der Waals surface area contributed by atoms with Crippen LogP contribution < -0.4 is 0 Å². The van der Waals surface area contributed by atoms with Crippen molar-refractivity contribution < 1.29 is 0 Å². The minimum Gasteiger partial charge on any atom is -0.0654 e. The van der Waals surface area contributed by atoms with Crippen LogP contribution in [0.15, 0.2) is 24.3 Å². The lowest BCUT2D eigenvalue weighted by Gasteiger charge is -2.38. The number of benzene rings is 1. The normalized spacial score (nSPS) is 14.7. The van der Waals surface area contributed by atoms with Gasteiger partial charge in [-0.05, 0) is 58.5 Å². The van der Waals surface area contributed by atoms with Gasteiger partial charge in [0.2, 0.25) is 0 Å². The highest BCUT2D eigenvalue weighted by Gasteiger charge is 2.32. The molecule has 0 spiro atoms. The van der Waals surface area contributed by atoms with Gasteiger partial charge in [0.05, 0.1) is 0 Å². The van der Waals surface area contributed by atoms with Crippen LogP contribution in [0.4, 0.5) is 0 Å². The summed E-state index contributed by atoms with van der Waals surface area (Å²) in [5, 5.41) is 0. The summed E-state index contributed by atoms with van der Waals surface area (Å²) in [6, 6.07) is 9.70. The van der Waals surface area contributed by atoms with Crippen molar-refractivity contribution in [2.24, 2.45) is 16.7 Å². The largest absolute Gasteiger partial charge is 0.0654 e. The van der Waals surface area contributed by atoms with E-state index in [0.29, 0.717) is 11.3 Å². The molecule has 0 aromatic heterocycles. The summed E-state index contributed by atoms with van der Waals surface area (Å²) < 4.78 is 0. The van der Waals surface area contributed by atoms with Crippen molar-refractivity contribution in [2.75, 3.05) is 0 Å². The molecule has 0 amide bonds. The number of rotatable bonds is 8. The van der Waals surface area contributed by atoms with Crippen molar-refractivity contribution in [3.8, 4) is 0 Å². The van der Waals surface area contributed by atoms with E-state index >= 15 is 0 Å². The molecule has 0 aliphatic rings. The predicted octanol–water partition coefficient (Wildman–Crippen LogP) is 8.75. The maximum Gasteiger partial charge on any atom is -0.00753 e. The molecule has 0 N–H and O–H groups in total. The highest BCUT2D eigenvalue weighted by molar-refractivity contribution is 5.31. The second-order valence-electron chi connectivity index (χ2n) is 11.3. The van der Waals surface area contributed by atoms with Gasteiger partial charge in [-0.2, -0.15) is 0 Å². The summed E-state index contributed by atoms with van der Waals surface area (Å²) in [4.78, 5) is 0. The molecular formula is C26H46. The van der Waals surface area contributed by atoms with Crippen LogP contribution in [0.5, 0.6) is 0 Å². The topological polar surface area (TPSA) is 0 Å². The van der Waals surface area contributed by atoms with Crippen LogP contribution in [0.25, 0.3) is 0 Å². The van der Waals surface area contributed by atoms with Crippen LogP contribution in [0.2, 0.25) is 0 Å². The van der Waals surface area contributed by atoms with Crippen LogP contribution >= 0.6 is 0 Å². The molecule has 0 aliphatic heterocycles. The maximum absolute atomic E-state index is 2.45. The molecule has 0 fully saturated rings. The minimum atomic E-state index is 0.256. The molecule has 0 radical (unpaired) electrons. The van der Waals surface area contributed by atoms with Crippen molar-refractivity contribution in [3.05, 3.63) is 35.4 Å². The molecule has 0 bridgehead atoms. The summed E-state index contributed by atoms with van der Waals surface area (Å²) in [5.41, 5.74) is 3.91. The Labute approximate surface area is 165 Å². The molecule has 0 nitrogen and oxygen atoms in total. The van der Waals surface area contributed by atoms with Crippen LogP contribution in [0.3, 0.4) is 0 Å². The fraction of sp³-hybridized carbons (Fsp3) is 0.769. The third-order valence-electron chi connectivity index (χ3n) is 6.21. The smallest absolute Gasteiger partial charge is 0.00753 e. The molecule has 1 aromatic rings. The Bertz CT molecular complexity index is 513. The molecule has 1 rings (SSSR count). The lowest BCUT2D eigenvalue weighted by Crippen LogP contribution is -2.29. The van der Waals surface area contributed by atoms with Crippen LogP contribution in [0.1, 0.15) is 118 Å². The van der Waals surface area contributed by atoms with Gasteiger partial charge in [0.1, 0.15) is 0 Å². The second kappa shape index (κ2) is 8.94. The zero-order chi connectivity index (χ0) is 20.2. The monoisotopic (exact) mass is 358 g/mol. The molecule has 1 atom stereocenters. The Morgan fingerprint density at radius 3 is 1.54 bits per heavy atom. The fourth-order valence-electron chi connectivity index (χ4n) is 4.48. The second-order valence-corrected chi connectivity index (χ2v) is 11.3. The van der Waals surface area contributed by atoms with Crippen molar-refractivity contribution in [2.45, 2.75) is 113 Å². The standard InChI is InChI=1S/C26H46/c1-11-13-21(14-12-2)26(9,10)22-17-15-20(16-18-22)23(25(6,7)8)19-24(3,4)5/h15-18,21,23H,11-14,19H2,1-10H3. The third-order valence-corrected chi connectivity index (χ3v) is 6.21. The Balaban J connectivity index is 3.15. The van der Waals surface area contributed by atoms with Crippen molar-refractivity contribution in [3.63, 3.8) is 0 Å². The summed E-state index contributed by atoms with van der Waals surface area (Å²) in [6.45, 7) is 23.8. The summed E-state index contributed by atoms with van der Waals surface area (Å²) >= 11 is 0. The van der Waals surface area contributed by atoms with Crippen molar-refractivity contribution in [1.29, 1.82) is 0 Å². The van der Waals surface area contributed by atoms with E-state index in [1.807, 2.05) is 0 Å². The first-order valence-corrected chi connectivity index (χ1v) is 10.9. The van der Waals surface area contributed by atoms with E-state index in [-0.39, 0.29) is 10.8 Å². The van der Waals surface area contributed by atoms with E-state index in [9.17, 15) is 0 Å². The zero-order valence-corrected chi connectivity index (χ0v) is 19.5. The first-order chi connectivity index (χ1) is 11.8. The highest BCUT2D eigenvalue weighted by Crippen LogP contribution is 2.44.